The van der Waals surface area contributed by atoms with E-state index in [1.54, 1.807) is 30.6 Å². The molecule has 0 spiro atoms. The second-order valence-electron chi connectivity index (χ2n) is 3.57. The topological polar surface area (TPSA) is 51.8 Å². The number of nitrogens with zero attached hydrogens (tertiary/aromatic N) is 2. The number of hydrogen-bond acceptors (Lipinski definition) is 3. The molecule has 1 heterocycles. The normalized spacial score (nSPS) is 12.4. The molecule has 1 aromatic heterocycles. The van der Waals surface area contributed by atoms with Crippen LogP contribution in [0.25, 0.3) is 0 Å². The van der Waals surface area contributed by atoms with Crippen molar-refractivity contribution in [2.75, 3.05) is 0 Å². The quantitative estimate of drug-likeness (QED) is 0.853. The molecule has 2 aromatic rings. The molecule has 2 rings (SSSR count). The van der Waals surface area contributed by atoms with E-state index in [0.29, 0.717) is 12.0 Å². The third-order valence-corrected chi connectivity index (χ3v) is 2.41. The van der Waals surface area contributed by atoms with Gasteiger partial charge in [0.05, 0.1) is 0 Å². The lowest BCUT2D eigenvalue weighted by molar-refractivity contribution is 0.592. The first-order chi connectivity index (χ1) is 7.77. The molecule has 2 N–H and O–H groups in total. The largest absolute Gasteiger partial charge is 0.324 e. The first kappa shape index (κ1) is 10.7. The molecule has 0 radical (unpaired) electrons. The zero-order valence-electron chi connectivity index (χ0n) is 8.68. The van der Waals surface area contributed by atoms with Crippen LogP contribution in [0, 0.1) is 5.82 Å². The molecule has 16 heavy (non-hydrogen) atoms. The van der Waals surface area contributed by atoms with E-state index < -0.39 is 0 Å². The summed E-state index contributed by atoms with van der Waals surface area (Å²) in [5.41, 5.74) is 7.37. The average Bonchev–Trinajstić information content (AvgIpc) is 2.33. The minimum Gasteiger partial charge on any atom is -0.324 e. The Hall–Kier alpha value is -1.81. The number of nitrogens with two attached hydrogens (primary N) is 1. The van der Waals surface area contributed by atoms with Crippen LogP contribution in [0.2, 0.25) is 0 Å². The molecule has 0 fully saturated rings. The highest BCUT2D eigenvalue weighted by atomic mass is 19.1. The van der Waals surface area contributed by atoms with E-state index in [1.807, 2.05) is 0 Å². The lowest BCUT2D eigenvalue weighted by Gasteiger charge is -2.11. The highest BCUT2D eigenvalue weighted by molar-refractivity contribution is 5.21. The molecule has 0 bridgehead atoms. The van der Waals surface area contributed by atoms with Crippen molar-refractivity contribution in [2.24, 2.45) is 5.73 Å². The molecule has 0 saturated heterocycles. The molecule has 0 aliphatic rings. The highest BCUT2D eigenvalue weighted by Gasteiger charge is 2.10. The van der Waals surface area contributed by atoms with Gasteiger partial charge in [0.25, 0.3) is 0 Å². The van der Waals surface area contributed by atoms with E-state index in [0.717, 1.165) is 5.56 Å². The number of hydrogen-bond donors (Lipinski definition) is 1. The summed E-state index contributed by atoms with van der Waals surface area (Å²) in [6.07, 6.45) is 5.19. The predicted molar refractivity (Wildman–Crippen MR) is 59.1 cm³/mol. The fraction of sp³-hybridized carbons (Fsp3) is 0.167. The maximum absolute atomic E-state index is 13.4. The number of halogens is 1. The van der Waals surface area contributed by atoms with Gasteiger partial charge in [-0.15, -0.1) is 0 Å². The van der Waals surface area contributed by atoms with Crippen LogP contribution in [0.15, 0.2) is 43.0 Å². The zero-order chi connectivity index (χ0) is 11.4. The Balaban J connectivity index is 2.14. The lowest BCUT2D eigenvalue weighted by atomic mass is 10.0. The van der Waals surface area contributed by atoms with Gasteiger partial charge in [-0.1, -0.05) is 18.2 Å². The Labute approximate surface area is 93.2 Å². The maximum Gasteiger partial charge on any atom is 0.126 e. The van der Waals surface area contributed by atoms with Gasteiger partial charge in [-0.2, -0.15) is 0 Å². The summed E-state index contributed by atoms with van der Waals surface area (Å²) in [6, 6.07) is 6.35. The molecular weight excluding hydrogens is 205 g/mol. The van der Waals surface area contributed by atoms with Gasteiger partial charge in [0, 0.05) is 24.0 Å². The Morgan fingerprint density at radius 3 is 2.56 bits per heavy atom. The van der Waals surface area contributed by atoms with Gasteiger partial charge in [0.1, 0.15) is 12.1 Å². The minimum atomic E-state index is -0.280. The van der Waals surface area contributed by atoms with Gasteiger partial charge in [0.15, 0.2) is 0 Å². The van der Waals surface area contributed by atoms with Crippen molar-refractivity contribution in [3.8, 4) is 0 Å². The Morgan fingerprint density at radius 1 is 1.19 bits per heavy atom. The minimum absolute atomic E-state index is 0.227. The van der Waals surface area contributed by atoms with Crippen LogP contribution < -0.4 is 5.73 Å². The Morgan fingerprint density at radius 2 is 1.88 bits per heavy atom. The second-order valence-corrected chi connectivity index (χ2v) is 3.57. The fourth-order valence-electron chi connectivity index (χ4n) is 1.52. The summed E-state index contributed by atoms with van der Waals surface area (Å²) in [4.78, 5) is 7.77. The summed E-state index contributed by atoms with van der Waals surface area (Å²) in [6.45, 7) is 0. The third-order valence-electron chi connectivity index (χ3n) is 2.41. The van der Waals surface area contributed by atoms with Crippen molar-refractivity contribution >= 4 is 0 Å². The predicted octanol–water partition coefficient (Wildman–Crippen LogP) is 1.86. The van der Waals surface area contributed by atoms with Gasteiger partial charge < -0.3 is 5.73 Å². The molecule has 0 aliphatic heterocycles. The van der Waals surface area contributed by atoms with Crippen molar-refractivity contribution in [3.05, 3.63) is 59.9 Å². The molecule has 0 aliphatic carbocycles. The second kappa shape index (κ2) is 4.81. The van der Waals surface area contributed by atoms with E-state index in [-0.39, 0.29) is 11.9 Å². The molecule has 1 unspecified atom stereocenters. The Kier molecular flexibility index (Phi) is 3.22. The molecule has 1 aromatic carbocycles. The van der Waals surface area contributed by atoms with Crippen LogP contribution >= 0.6 is 0 Å². The van der Waals surface area contributed by atoms with Gasteiger partial charge in [-0.3, -0.25) is 0 Å². The summed E-state index contributed by atoms with van der Waals surface area (Å²) in [5, 5.41) is 0. The van der Waals surface area contributed by atoms with E-state index in [1.165, 1.54) is 12.4 Å². The molecule has 82 valence electrons. The standard InChI is InChI=1S/C12H12FN3/c13-11-4-2-1-3-9(11)5-12(14)10-6-15-8-16-7-10/h1-4,6-8,12H,5,14H2. The third kappa shape index (κ3) is 2.41. The van der Waals surface area contributed by atoms with E-state index in [2.05, 4.69) is 9.97 Å². The maximum atomic E-state index is 13.4. The van der Waals surface area contributed by atoms with E-state index >= 15 is 0 Å². The smallest absolute Gasteiger partial charge is 0.126 e. The Bertz CT molecular complexity index is 459. The molecule has 4 heteroatoms. The van der Waals surface area contributed by atoms with Crippen molar-refractivity contribution < 1.29 is 4.39 Å². The summed E-state index contributed by atoms with van der Waals surface area (Å²) in [7, 11) is 0. The SMILES string of the molecule is NC(Cc1ccccc1F)c1cncnc1. The summed E-state index contributed by atoms with van der Waals surface area (Å²) in [5.74, 6) is -0.227. The summed E-state index contributed by atoms with van der Waals surface area (Å²) >= 11 is 0. The molecule has 3 nitrogen and oxygen atoms in total. The van der Waals surface area contributed by atoms with Crippen molar-refractivity contribution in [1.82, 2.24) is 9.97 Å². The van der Waals surface area contributed by atoms with Crippen LogP contribution in [-0.2, 0) is 6.42 Å². The van der Waals surface area contributed by atoms with Crippen LogP contribution in [0.4, 0.5) is 4.39 Å². The van der Waals surface area contributed by atoms with Gasteiger partial charge in [0.2, 0.25) is 0 Å². The average molecular weight is 217 g/mol. The van der Waals surface area contributed by atoms with Crippen LogP contribution in [0.5, 0.6) is 0 Å². The van der Waals surface area contributed by atoms with Crippen molar-refractivity contribution in [2.45, 2.75) is 12.5 Å². The van der Waals surface area contributed by atoms with Gasteiger partial charge in [-0.25, -0.2) is 14.4 Å². The van der Waals surface area contributed by atoms with Crippen LogP contribution in [0.3, 0.4) is 0 Å². The first-order valence-electron chi connectivity index (χ1n) is 5.01. The van der Waals surface area contributed by atoms with Crippen molar-refractivity contribution in [3.63, 3.8) is 0 Å². The molecular formula is C12H12FN3. The monoisotopic (exact) mass is 217 g/mol. The molecule has 1 atom stereocenters. The van der Waals surface area contributed by atoms with Crippen LogP contribution in [-0.4, -0.2) is 9.97 Å². The zero-order valence-corrected chi connectivity index (χ0v) is 8.68. The number of benzene rings is 1. The number of aromatic nitrogens is 2. The molecule has 0 saturated carbocycles. The summed E-state index contributed by atoms with van der Waals surface area (Å²) < 4.78 is 13.4. The number of rotatable bonds is 3. The van der Waals surface area contributed by atoms with E-state index in [4.69, 9.17) is 5.73 Å². The van der Waals surface area contributed by atoms with Gasteiger partial charge >= 0.3 is 0 Å². The van der Waals surface area contributed by atoms with Crippen LogP contribution in [0.1, 0.15) is 17.2 Å². The molecule has 0 amide bonds. The highest BCUT2D eigenvalue weighted by Crippen LogP contribution is 2.16. The van der Waals surface area contributed by atoms with E-state index in [9.17, 15) is 4.39 Å². The first-order valence-corrected chi connectivity index (χ1v) is 5.01. The van der Waals surface area contributed by atoms with Crippen molar-refractivity contribution in [1.29, 1.82) is 0 Å². The van der Waals surface area contributed by atoms with Gasteiger partial charge in [-0.05, 0) is 18.1 Å². The lowest BCUT2D eigenvalue weighted by Crippen LogP contribution is -2.14. The fourth-order valence-corrected chi connectivity index (χ4v) is 1.52.